The van der Waals surface area contributed by atoms with Crippen molar-refractivity contribution in [3.8, 4) is 21.9 Å². The molecule has 128 valence electrons. The Balaban J connectivity index is 1.40. The lowest BCUT2D eigenvalue weighted by atomic mass is 10.2. The number of carbonyl (C=O) groups excluding carboxylic acids is 1. The first-order chi connectivity index (χ1) is 12.8. The highest BCUT2D eigenvalue weighted by Gasteiger charge is 2.14. The maximum absolute atomic E-state index is 12.2. The van der Waals surface area contributed by atoms with E-state index in [2.05, 4.69) is 15.3 Å². The average Bonchev–Trinajstić information content (AvgIpc) is 3.37. The molecule has 4 rings (SSSR count). The molecular formula is C20H15N3O2S. The molecule has 0 spiro atoms. The third kappa shape index (κ3) is 3.55. The molecule has 0 unspecified atom stereocenters. The quantitative estimate of drug-likeness (QED) is 0.572. The molecule has 1 amide bonds. The SMILES string of the molecule is O=C(NCc1csc(-c2ccccc2)n1)c1ncc(-c2ccccc2)o1. The highest BCUT2D eigenvalue weighted by Crippen LogP contribution is 2.23. The largest absolute Gasteiger partial charge is 0.432 e. The van der Waals surface area contributed by atoms with Gasteiger partial charge in [0.25, 0.3) is 5.89 Å². The Labute approximate surface area is 154 Å². The number of rotatable bonds is 5. The molecule has 0 saturated carbocycles. The summed E-state index contributed by atoms with van der Waals surface area (Å²) in [5.74, 6) is 0.250. The Morgan fingerprint density at radius 1 is 1.00 bits per heavy atom. The number of aromatic nitrogens is 2. The van der Waals surface area contributed by atoms with Crippen LogP contribution in [0.4, 0.5) is 0 Å². The summed E-state index contributed by atoms with van der Waals surface area (Å²) in [7, 11) is 0. The zero-order chi connectivity index (χ0) is 17.8. The van der Waals surface area contributed by atoms with Gasteiger partial charge in [-0.3, -0.25) is 4.79 Å². The highest BCUT2D eigenvalue weighted by molar-refractivity contribution is 7.13. The normalized spacial score (nSPS) is 10.6. The standard InChI is InChI=1S/C20H15N3O2S/c24-18(19-22-12-17(25-19)14-7-3-1-4-8-14)21-11-16-13-26-20(23-16)15-9-5-2-6-10-15/h1-10,12-13H,11H2,(H,21,24). The fourth-order valence-corrected chi connectivity index (χ4v) is 3.29. The minimum atomic E-state index is -0.360. The van der Waals surface area contributed by atoms with Crippen LogP contribution in [0.1, 0.15) is 16.4 Å². The number of nitrogens with one attached hydrogen (secondary N) is 1. The molecular weight excluding hydrogens is 346 g/mol. The number of amides is 1. The fourth-order valence-electron chi connectivity index (χ4n) is 2.46. The topological polar surface area (TPSA) is 68.0 Å². The molecule has 1 N–H and O–H groups in total. The second-order valence-corrected chi connectivity index (χ2v) is 6.45. The van der Waals surface area contributed by atoms with Crippen LogP contribution in [0.5, 0.6) is 0 Å². The van der Waals surface area contributed by atoms with Crippen molar-refractivity contribution in [1.82, 2.24) is 15.3 Å². The van der Waals surface area contributed by atoms with Gasteiger partial charge in [0.15, 0.2) is 5.76 Å². The van der Waals surface area contributed by atoms with E-state index in [1.54, 1.807) is 17.5 Å². The van der Waals surface area contributed by atoms with Gasteiger partial charge in [0.05, 0.1) is 18.4 Å². The lowest BCUT2D eigenvalue weighted by Gasteiger charge is -2.00. The molecule has 0 aliphatic heterocycles. The van der Waals surface area contributed by atoms with Crippen molar-refractivity contribution in [2.45, 2.75) is 6.54 Å². The molecule has 4 aromatic rings. The molecule has 0 bridgehead atoms. The maximum Gasteiger partial charge on any atom is 0.307 e. The zero-order valence-corrected chi connectivity index (χ0v) is 14.6. The third-order valence-electron chi connectivity index (χ3n) is 3.76. The van der Waals surface area contributed by atoms with Crippen LogP contribution in [-0.4, -0.2) is 15.9 Å². The average molecular weight is 361 g/mol. The Bertz CT molecular complexity index is 1010. The first-order valence-corrected chi connectivity index (χ1v) is 8.97. The van der Waals surface area contributed by atoms with Crippen LogP contribution < -0.4 is 5.32 Å². The van der Waals surface area contributed by atoms with E-state index in [-0.39, 0.29) is 11.8 Å². The Kier molecular flexibility index (Phi) is 4.57. The molecule has 2 heterocycles. The van der Waals surface area contributed by atoms with E-state index in [0.717, 1.165) is 21.8 Å². The van der Waals surface area contributed by atoms with Gasteiger partial charge >= 0.3 is 5.91 Å². The fraction of sp³-hybridized carbons (Fsp3) is 0.0500. The van der Waals surface area contributed by atoms with Crippen molar-refractivity contribution in [2.75, 3.05) is 0 Å². The zero-order valence-electron chi connectivity index (χ0n) is 13.8. The van der Waals surface area contributed by atoms with Gasteiger partial charge in [0.1, 0.15) is 5.01 Å². The molecule has 2 aromatic heterocycles. The van der Waals surface area contributed by atoms with E-state index in [4.69, 9.17) is 4.42 Å². The van der Waals surface area contributed by atoms with Crippen molar-refractivity contribution in [2.24, 2.45) is 0 Å². The van der Waals surface area contributed by atoms with Crippen LogP contribution in [-0.2, 0) is 6.54 Å². The first kappa shape index (κ1) is 16.2. The number of thiazole rings is 1. The Morgan fingerprint density at radius 2 is 1.69 bits per heavy atom. The summed E-state index contributed by atoms with van der Waals surface area (Å²) in [6.07, 6.45) is 1.56. The number of hydrogen-bond donors (Lipinski definition) is 1. The predicted molar refractivity (Wildman–Crippen MR) is 101 cm³/mol. The van der Waals surface area contributed by atoms with Crippen molar-refractivity contribution in [3.05, 3.63) is 83.8 Å². The van der Waals surface area contributed by atoms with Gasteiger partial charge in [-0.25, -0.2) is 9.97 Å². The number of benzene rings is 2. The molecule has 26 heavy (non-hydrogen) atoms. The summed E-state index contributed by atoms with van der Waals surface area (Å²) >= 11 is 1.55. The lowest BCUT2D eigenvalue weighted by Crippen LogP contribution is -2.23. The minimum Gasteiger partial charge on any atom is -0.432 e. The van der Waals surface area contributed by atoms with E-state index in [0.29, 0.717) is 12.3 Å². The molecule has 2 aromatic carbocycles. The summed E-state index contributed by atoms with van der Waals surface area (Å²) in [6.45, 7) is 0.325. The van der Waals surface area contributed by atoms with Crippen LogP contribution >= 0.6 is 11.3 Å². The van der Waals surface area contributed by atoms with Crippen molar-refractivity contribution < 1.29 is 9.21 Å². The van der Waals surface area contributed by atoms with Gasteiger partial charge < -0.3 is 9.73 Å². The van der Waals surface area contributed by atoms with E-state index >= 15 is 0 Å². The van der Waals surface area contributed by atoms with Crippen molar-refractivity contribution >= 4 is 17.2 Å². The van der Waals surface area contributed by atoms with E-state index in [1.165, 1.54) is 0 Å². The van der Waals surface area contributed by atoms with Gasteiger partial charge in [-0.15, -0.1) is 11.3 Å². The second kappa shape index (κ2) is 7.33. The van der Waals surface area contributed by atoms with Gasteiger partial charge in [0, 0.05) is 16.5 Å². The second-order valence-electron chi connectivity index (χ2n) is 5.59. The Morgan fingerprint density at radius 3 is 2.42 bits per heavy atom. The van der Waals surface area contributed by atoms with Crippen LogP contribution in [0, 0.1) is 0 Å². The van der Waals surface area contributed by atoms with Gasteiger partial charge in [-0.05, 0) is 0 Å². The van der Waals surface area contributed by atoms with E-state index in [1.807, 2.05) is 66.0 Å². The minimum absolute atomic E-state index is 0.0439. The van der Waals surface area contributed by atoms with Gasteiger partial charge in [-0.1, -0.05) is 60.7 Å². The van der Waals surface area contributed by atoms with Crippen LogP contribution in [0.25, 0.3) is 21.9 Å². The van der Waals surface area contributed by atoms with Crippen LogP contribution in [0.2, 0.25) is 0 Å². The molecule has 0 aliphatic rings. The summed E-state index contributed by atoms with van der Waals surface area (Å²) in [5, 5.41) is 5.66. The smallest absolute Gasteiger partial charge is 0.307 e. The predicted octanol–water partition coefficient (Wildman–Crippen LogP) is 4.40. The van der Waals surface area contributed by atoms with Gasteiger partial charge in [-0.2, -0.15) is 0 Å². The number of nitrogens with zero attached hydrogens (tertiary/aromatic N) is 2. The first-order valence-electron chi connectivity index (χ1n) is 8.09. The van der Waals surface area contributed by atoms with Crippen molar-refractivity contribution in [1.29, 1.82) is 0 Å². The van der Waals surface area contributed by atoms with E-state index in [9.17, 15) is 4.79 Å². The summed E-state index contributed by atoms with van der Waals surface area (Å²) in [5.41, 5.74) is 2.75. The van der Waals surface area contributed by atoms with Crippen LogP contribution in [0.3, 0.4) is 0 Å². The van der Waals surface area contributed by atoms with Crippen LogP contribution in [0.15, 0.2) is 76.7 Å². The number of carbonyl (C=O) groups is 1. The Hall–Kier alpha value is -3.25. The van der Waals surface area contributed by atoms with Gasteiger partial charge in [0.2, 0.25) is 0 Å². The lowest BCUT2D eigenvalue weighted by molar-refractivity contribution is 0.0916. The molecule has 5 nitrogen and oxygen atoms in total. The molecule has 0 atom stereocenters. The maximum atomic E-state index is 12.2. The number of hydrogen-bond acceptors (Lipinski definition) is 5. The number of oxazole rings is 1. The van der Waals surface area contributed by atoms with E-state index < -0.39 is 0 Å². The summed E-state index contributed by atoms with van der Waals surface area (Å²) < 4.78 is 5.55. The molecule has 0 aliphatic carbocycles. The molecule has 0 radical (unpaired) electrons. The third-order valence-corrected chi connectivity index (χ3v) is 4.70. The monoisotopic (exact) mass is 361 g/mol. The molecule has 0 fully saturated rings. The summed E-state index contributed by atoms with van der Waals surface area (Å²) in [4.78, 5) is 20.9. The van der Waals surface area contributed by atoms with Crippen molar-refractivity contribution in [3.63, 3.8) is 0 Å². The molecule has 0 saturated heterocycles. The highest BCUT2D eigenvalue weighted by atomic mass is 32.1. The summed E-state index contributed by atoms with van der Waals surface area (Å²) in [6, 6.07) is 19.5. The molecule has 6 heteroatoms.